The van der Waals surface area contributed by atoms with Gasteiger partial charge in [0.05, 0.1) is 11.8 Å². The van der Waals surface area contributed by atoms with Gasteiger partial charge in [0.15, 0.2) is 0 Å². The summed E-state index contributed by atoms with van der Waals surface area (Å²) in [5.74, 6) is -0.0843. The van der Waals surface area contributed by atoms with Gasteiger partial charge in [0.25, 0.3) is 11.8 Å². The molecule has 0 spiro atoms. The van der Waals surface area contributed by atoms with E-state index in [4.69, 9.17) is 0 Å². The van der Waals surface area contributed by atoms with E-state index in [0.717, 1.165) is 6.42 Å². The number of allylic oxidation sites excluding steroid dienone is 2. The molecule has 1 aromatic heterocycles. The highest BCUT2D eigenvalue weighted by atomic mass is 16.2. The lowest BCUT2D eigenvalue weighted by Crippen LogP contribution is -2.41. The van der Waals surface area contributed by atoms with Gasteiger partial charge in [0.1, 0.15) is 12.7 Å². The van der Waals surface area contributed by atoms with Crippen LogP contribution in [0.25, 0.3) is 0 Å². The monoisotopic (exact) mass is 230 g/mol. The molecule has 0 unspecified atom stereocenters. The first-order chi connectivity index (χ1) is 8.27. The van der Waals surface area contributed by atoms with Gasteiger partial charge in [-0.1, -0.05) is 12.2 Å². The molecule has 2 fully saturated rings. The molecule has 2 aliphatic carbocycles. The summed E-state index contributed by atoms with van der Waals surface area (Å²) in [6, 6.07) is 0. The van der Waals surface area contributed by atoms with Gasteiger partial charge >= 0.3 is 0 Å². The zero-order chi connectivity index (χ0) is 11.6. The van der Waals surface area contributed by atoms with Crippen molar-refractivity contribution in [2.24, 2.45) is 23.7 Å². The van der Waals surface area contributed by atoms with Crippen LogP contribution in [0.2, 0.25) is 0 Å². The largest absolute Gasteiger partial charge is 0.272 e. The summed E-state index contributed by atoms with van der Waals surface area (Å²) in [4.78, 5) is 24.6. The minimum Gasteiger partial charge on any atom is -0.272 e. The Labute approximate surface area is 96.9 Å². The Morgan fingerprint density at radius 3 is 2.06 bits per heavy atom. The fourth-order valence-electron chi connectivity index (χ4n) is 3.41. The number of amides is 2. The van der Waals surface area contributed by atoms with Crippen LogP contribution in [0.5, 0.6) is 0 Å². The van der Waals surface area contributed by atoms with Crippen molar-refractivity contribution < 1.29 is 9.59 Å². The molecule has 1 aromatic rings. The average molecular weight is 230 g/mol. The average Bonchev–Trinajstić information content (AvgIpc) is 3.03. The van der Waals surface area contributed by atoms with Gasteiger partial charge in [-0.2, -0.15) is 5.01 Å². The summed E-state index contributed by atoms with van der Waals surface area (Å²) in [6.45, 7) is 0. The van der Waals surface area contributed by atoms with Crippen molar-refractivity contribution in [3.05, 3.63) is 24.8 Å². The Hall–Kier alpha value is -1.98. The van der Waals surface area contributed by atoms with Crippen LogP contribution in [0.1, 0.15) is 6.42 Å². The van der Waals surface area contributed by atoms with Crippen LogP contribution >= 0.6 is 0 Å². The minimum atomic E-state index is -0.167. The summed E-state index contributed by atoms with van der Waals surface area (Å²) < 4.78 is 1.38. The van der Waals surface area contributed by atoms with Crippen LogP contribution in [-0.2, 0) is 9.59 Å². The molecule has 2 bridgehead atoms. The van der Waals surface area contributed by atoms with Gasteiger partial charge in [0.2, 0.25) is 0 Å². The molecule has 6 nitrogen and oxygen atoms in total. The molecule has 1 saturated carbocycles. The molecule has 3 aliphatic rings. The zero-order valence-corrected chi connectivity index (χ0v) is 8.93. The minimum absolute atomic E-state index is 0.114. The van der Waals surface area contributed by atoms with Gasteiger partial charge in [0, 0.05) is 0 Å². The van der Waals surface area contributed by atoms with Crippen molar-refractivity contribution in [3.8, 4) is 0 Å². The number of fused-ring (bicyclic) bond motifs is 5. The number of carbonyl (C=O) groups is 2. The normalized spacial score (nSPS) is 38.2. The second-order valence-corrected chi connectivity index (χ2v) is 4.83. The highest BCUT2D eigenvalue weighted by Gasteiger charge is 2.60. The maximum Gasteiger partial charge on any atom is 0.253 e. The smallest absolute Gasteiger partial charge is 0.253 e. The van der Waals surface area contributed by atoms with Crippen molar-refractivity contribution in [3.63, 3.8) is 0 Å². The third-order valence-corrected chi connectivity index (χ3v) is 4.08. The Morgan fingerprint density at radius 1 is 1.00 bits per heavy atom. The van der Waals surface area contributed by atoms with Crippen LogP contribution in [0.4, 0.5) is 0 Å². The van der Waals surface area contributed by atoms with Crippen LogP contribution in [-0.4, -0.2) is 26.7 Å². The van der Waals surface area contributed by atoms with E-state index in [2.05, 4.69) is 22.3 Å². The van der Waals surface area contributed by atoms with E-state index in [1.165, 1.54) is 22.3 Å². The number of hydrogen-bond acceptors (Lipinski definition) is 4. The van der Waals surface area contributed by atoms with Crippen LogP contribution < -0.4 is 5.01 Å². The van der Waals surface area contributed by atoms with Crippen LogP contribution in [0, 0.1) is 23.7 Å². The van der Waals surface area contributed by atoms with Crippen LogP contribution in [0.3, 0.4) is 0 Å². The molecule has 4 rings (SSSR count). The molecule has 1 aliphatic heterocycles. The van der Waals surface area contributed by atoms with Crippen LogP contribution in [0.15, 0.2) is 24.8 Å². The number of hydrogen-bond donors (Lipinski definition) is 0. The molecule has 2 amide bonds. The van der Waals surface area contributed by atoms with Crippen molar-refractivity contribution in [2.45, 2.75) is 6.42 Å². The zero-order valence-electron chi connectivity index (χ0n) is 8.93. The SMILES string of the molecule is O=C1[C@@H]2[C@H](C(=O)N1n1cnnc1)[C@H]1C=C[C@@H]2C1. The van der Waals surface area contributed by atoms with E-state index in [9.17, 15) is 9.59 Å². The number of rotatable bonds is 1. The first-order valence-corrected chi connectivity index (χ1v) is 5.68. The topological polar surface area (TPSA) is 68.1 Å². The molecule has 86 valence electrons. The molecule has 0 radical (unpaired) electrons. The summed E-state index contributed by atoms with van der Waals surface area (Å²) >= 11 is 0. The summed E-state index contributed by atoms with van der Waals surface area (Å²) in [7, 11) is 0. The standard InChI is InChI=1S/C11H10N4O2/c16-10-8-6-1-2-7(3-6)9(8)11(17)15(10)14-4-12-13-5-14/h1-2,4-9H,3H2/t6-,7+,8+,9-. The Kier molecular flexibility index (Phi) is 1.51. The number of imide groups is 1. The third-order valence-electron chi connectivity index (χ3n) is 4.08. The Balaban J connectivity index is 1.79. The van der Waals surface area contributed by atoms with Crippen molar-refractivity contribution >= 4 is 11.8 Å². The van der Waals surface area contributed by atoms with Gasteiger partial charge in [-0.15, -0.1) is 10.2 Å². The molecule has 1 saturated heterocycles. The number of nitrogens with zero attached hydrogens (tertiary/aromatic N) is 4. The van der Waals surface area contributed by atoms with E-state index < -0.39 is 0 Å². The second kappa shape index (κ2) is 2.82. The molecule has 0 N–H and O–H groups in total. The molecule has 4 atom stereocenters. The quantitative estimate of drug-likeness (QED) is 0.491. The Bertz CT molecular complexity index is 506. The first kappa shape index (κ1) is 9.09. The van der Waals surface area contributed by atoms with Gasteiger partial charge in [-0.3, -0.25) is 9.59 Å². The maximum absolute atomic E-state index is 12.3. The summed E-state index contributed by atoms with van der Waals surface area (Å²) in [5.41, 5.74) is 0. The highest BCUT2D eigenvalue weighted by molar-refractivity contribution is 6.17. The lowest BCUT2D eigenvalue weighted by atomic mass is 9.85. The van der Waals surface area contributed by atoms with E-state index in [0.29, 0.717) is 0 Å². The van der Waals surface area contributed by atoms with E-state index in [-0.39, 0.29) is 35.5 Å². The van der Waals surface area contributed by atoms with E-state index >= 15 is 0 Å². The predicted octanol–water partition coefficient (Wildman–Crippen LogP) is -0.279. The van der Waals surface area contributed by atoms with Gasteiger partial charge in [-0.25, -0.2) is 4.68 Å². The molecular weight excluding hydrogens is 220 g/mol. The van der Waals surface area contributed by atoms with Crippen molar-refractivity contribution in [2.75, 3.05) is 5.01 Å². The molecular formula is C11H10N4O2. The van der Waals surface area contributed by atoms with E-state index in [1.807, 2.05) is 0 Å². The molecule has 17 heavy (non-hydrogen) atoms. The second-order valence-electron chi connectivity index (χ2n) is 4.83. The maximum atomic E-state index is 12.3. The van der Waals surface area contributed by atoms with Crippen molar-refractivity contribution in [1.82, 2.24) is 14.9 Å². The molecule has 6 heteroatoms. The van der Waals surface area contributed by atoms with Crippen molar-refractivity contribution in [1.29, 1.82) is 0 Å². The third kappa shape index (κ3) is 0.956. The fourth-order valence-corrected chi connectivity index (χ4v) is 3.41. The first-order valence-electron chi connectivity index (χ1n) is 5.68. The molecule has 0 aromatic carbocycles. The summed E-state index contributed by atoms with van der Waals surface area (Å²) in [6.07, 6.45) is 7.86. The molecule has 2 heterocycles. The lowest BCUT2D eigenvalue weighted by molar-refractivity contribution is -0.125. The lowest BCUT2D eigenvalue weighted by Gasteiger charge is -2.16. The predicted molar refractivity (Wildman–Crippen MR) is 56.0 cm³/mol. The van der Waals surface area contributed by atoms with E-state index in [1.54, 1.807) is 0 Å². The fraction of sp³-hybridized carbons (Fsp3) is 0.455. The number of aromatic nitrogens is 3. The summed E-state index contributed by atoms with van der Waals surface area (Å²) in [5, 5.41) is 8.45. The van der Waals surface area contributed by atoms with Gasteiger partial charge < -0.3 is 0 Å². The Morgan fingerprint density at radius 2 is 1.53 bits per heavy atom. The number of carbonyl (C=O) groups excluding carboxylic acids is 2. The highest BCUT2D eigenvalue weighted by Crippen LogP contribution is 2.51. The van der Waals surface area contributed by atoms with Gasteiger partial charge in [-0.05, 0) is 18.3 Å².